The molecule has 0 aliphatic rings. The lowest BCUT2D eigenvalue weighted by Gasteiger charge is -2.20. The molecule has 0 saturated heterocycles. The van der Waals surface area contributed by atoms with Crippen molar-refractivity contribution >= 4 is 0 Å². The van der Waals surface area contributed by atoms with Crippen LogP contribution in [0.4, 0.5) is 0 Å². The van der Waals surface area contributed by atoms with Crippen LogP contribution in [0.25, 0.3) is 0 Å². The Morgan fingerprint density at radius 3 is 2.00 bits per heavy atom. The number of aliphatic hydroxyl groups excluding tert-OH is 1. The van der Waals surface area contributed by atoms with E-state index in [0.29, 0.717) is 11.3 Å². The highest BCUT2D eigenvalue weighted by Crippen LogP contribution is 1.89. The monoisotopic (exact) mass is 120 g/mol. The summed E-state index contributed by atoms with van der Waals surface area (Å²) in [5.41, 5.74) is 0. The fraction of sp³-hybridized carbons (Fsp3) is 1.00. The molecular formula is C5H14NO2+. The molecule has 0 fully saturated rings. The van der Waals surface area contributed by atoms with E-state index < -0.39 is 0 Å². The summed E-state index contributed by atoms with van der Waals surface area (Å²) in [5, 5.41) is 8.29. The van der Waals surface area contributed by atoms with Gasteiger partial charge in [0.2, 0.25) is 0 Å². The normalized spacial score (nSPS) is 12.0. The van der Waals surface area contributed by atoms with E-state index in [1.807, 2.05) is 21.1 Å². The Bertz CT molecular complexity index is 57.9. The third-order valence-electron chi connectivity index (χ3n) is 0.570. The number of nitrogens with zero attached hydrogens (tertiary/aromatic N) is 1. The molecule has 3 nitrogen and oxygen atoms in total. The molecule has 0 rings (SSSR count). The molecule has 0 spiro atoms. The Morgan fingerprint density at radius 1 is 1.38 bits per heavy atom. The van der Waals surface area contributed by atoms with Crippen LogP contribution in [0.5, 0.6) is 0 Å². The molecule has 0 saturated carbocycles. The van der Waals surface area contributed by atoms with Crippen molar-refractivity contribution in [1.29, 1.82) is 0 Å². The fourth-order valence-corrected chi connectivity index (χ4v) is 0.315. The first-order valence-electron chi connectivity index (χ1n) is 2.63. The van der Waals surface area contributed by atoms with Crippen molar-refractivity contribution in [3.63, 3.8) is 0 Å². The van der Waals surface area contributed by atoms with Gasteiger partial charge in [-0.15, -0.1) is 0 Å². The molecule has 50 valence electrons. The summed E-state index contributed by atoms with van der Waals surface area (Å²) >= 11 is 0. The van der Waals surface area contributed by atoms with Crippen molar-refractivity contribution in [2.24, 2.45) is 0 Å². The summed E-state index contributed by atoms with van der Waals surface area (Å²) in [4.78, 5) is 5.07. The van der Waals surface area contributed by atoms with E-state index in [-0.39, 0.29) is 6.61 Å². The van der Waals surface area contributed by atoms with E-state index >= 15 is 0 Å². The van der Waals surface area contributed by atoms with Crippen molar-refractivity contribution in [1.82, 2.24) is 0 Å². The summed E-state index contributed by atoms with van der Waals surface area (Å²) in [5.74, 6) is 0. The van der Waals surface area contributed by atoms with Crippen LogP contribution in [0.1, 0.15) is 0 Å². The Labute approximate surface area is 50.0 Å². The molecule has 8 heavy (non-hydrogen) atoms. The zero-order chi connectivity index (χ0) is 6.62. The molecule has 0 bridgehead atoms. The Hall–Kier alpha value is -0.120. The van der Waals surface area contributed by atoms with Crippen LogP contribution >= 0.6 is 0 Å². The number of quaternary nitrogens is 1. The van der Waals surface area contributed by atoms with E-state index in [2.05, 4.69) is 0 Å². The lowest BCUT2D eigenvalue weighted by molar-refractivity contribution is -1.06. The van der Waals surface area contributed by atoms with Gasteiger partial charge in [-0.2, -0.15) is 4.65 Å². The molecule has 0 aliphatic heterocycles. The van der Waals surface area contributed by atoms with Crippen molar-refractivity contribution in [3.8, 4) is 0 Å². The van der Waals surface area contributed by atoms with Gasteiger partial charge in [0.15, 0.2) is 0 Å². The van der Waals surface area contributed by atoms with Crippen molar-refractivity contribution in [2.45, 2.75) is 0 Å². The number of rotatable bonds is 3. The van der Waals surface area contributed by atoms with Gasteiger partial charge in [0, 0.05) is 0 Å². The standard InChI is InChI=1S/C5H14NO2/c1-6(2,3)8-5-4-7/h7H,4-5H2,1-3H3/q+1. The first kappa shape index (κ1) is 7.88. The fourth-order valence-electron chi connectivity index (χ4n) is 0.315. The maximum atomic E-state index is 8.29. The maximum absolute atomic E-state index is 8.29. The molecule has 0 unspecified atom stereocenters. The second kappa shape index (κ2) is 3.02. The van der Waals surface area contributed by atoms with Gasteiger partial charge in [-0.3, -0.25) is 0 Å². The molecule has 3 heteroatoms. The van der Waals surface area contributed by atoms with Gasteiger partial charge in [-0.25, -0.2) is 4.84 Å². The van der Waals surface area contributed by atoms with Crippen molar-refractivity contribution in [3.05, 3.63) is 0 Å². The number of hydrogen-bond donors (Lipinski definition) is 1. The Kier molecular flexibility index (Phi) is 2.97. The topological polar surface area (TPSA) is 29.5 Å². The van der Waals surface area contributed by atoms with Gasteiger partial charge in [-0.1, -0.05) is 0 Å². The molecule has 0 atom stereocenters. The summed E-state index contributed by atoms with van der Waals surface area (Å²) in [6.07, 6.45) is 0. The molecule has 0 heterocycles. The number of hydrogen-bond acceptors (Lipinski definition) is 2. The lowest BCUT2D eigenvalue weighted by atomic mass is 10.8. The summed E-state index contributed by atoms with van der Waals surface area (Å²) < 4.78 is 0.445. The second-order valence-electron chi connectivity index (χ2n) is 2.45. The Morgan fingerprint density at radius 2 is 1.88 bits per heavy atom. The summed E-state index contributed by atoms with van der Waals surface area (Å²) in [6.45, 7) is 0.499. The van der Waals surface area contributed by atoms with Crippen LogP contribution in [0.3, 0.4) is 0 Å². The van der Waals surface area contributed by atoms with Crippen LogP contribution in [0, 0.1) is 0 Å². The highest BCUT2D eigenvalue weighted by molar-refractivity contribution is 4.12. The van der Waals surface area contributed by atoms with E-state index in [0.717, 1.165) is 0 Å². The molecular weight excluding hydrogens is 106 g/mol. The summed E-state index contributed by atoms with van der Waals surface area (Å²) in [6, 6.07) is 0. The highest BCUT2D eigenvalue weighted by atomic mass is 16.7. The summed E-state index contributed by atoms with van der Waals surface area (Å²) in [7, 11) is 5.70. The maximum Gasteiger partial charge on any atom is 0.129 e. The first-order chi connectivity index (χ1) is 3.56. The van der Waals surface area contributed by atoms with Gasteiger partial charge in [-0.05, 0) is 0 Å². The highest BCUT2D eigenvalue weighted by Gasteiger charge is 2.05. The smallest absolute Gasteiger partial charge is 0.129 e. The quantitative estimate of drug-likeness (QED) is 0.406. The molecule has 0 aromatic carbocycles. The number of aliphatic hydroxyl groups is 1. The molecule has 0 radical (unpaired) electrons. The van der Waals surface area contributed by atoms with Crippen LogP contribution in [-0.2, 0) is 4.84 Å². The Balaban J connectivity index is 3.11. The minimum Gasteiger partial charge on any atom is -0.394 e. The van der Waals surface area contributed by atoms with E-state index in [4.69, 9.17) is 9.94 Å². The minimum absolute atomic E-state index is 0.0928. The first-order valence-corrected chi connectivity index (χ1v) is 2.63. The van der Waals surface area contributed by atoms with E-state index in [1.54, 1.807) is 0 Å². The van der Waals surface area contributed by atoms with Crippen molar-refractivity contribution in [2.75, 3.05) is 34.4 Å². The second-order valence-corrected chi connectivity index (χ2v) is 2.45. The van der Waals surface area contributed by atoms with Crippen molar-refractivity contribution < 1.29 is 14.6 Å². The van der Waals surface area contributed by atoms with Crippen LogP contribution in [-0.4, -0.2) is 44.1 Å². The lowest BCUT2D eigenvalue weighted by Crippen LogP contribution is -2.35. The van der Waals surface area contributed by atoms with Crippen LogP contribution in [0.15, 0.2) is 0 Å². The zero-order valence-corrected chi connectivity index (χ0v) is 5.72. The third-order valence-corrected chi connectivity index (χ3v) is 0.570. The predicted octanol–water partition coefficient (Wildman–Crippen LogP) is -0.383. The van der Waals surface area contributed by atoms with Gasteiger partial charge < -0.3 is 5.11 Å². The zero-order valence-electron chi connectivity index (χ0n) is 5.72. The molecule has 0 aromatic rings. The predicted molar refractivity (Wildman–Crippen MR) is 31.1 cm³/mol. The van der Waals surface area contributed by atoms with Crippen LogP contribution < -0.4 is 0 Å². The van der Waals surface area contributed by atoms with E-state index in [1.165, 1.54) is 0 Å². The van der Waals surface area contributed by atoms with Gasteiger partial charge in [0.25, 0.3) is 0 Å². The van der Waals surface area contributed by atoms with Gasteiger partial charge >= 0.3 is 0 Å². The molecule has 0 aromatic heterocycles. The molecule has 0 aliphatic carbocycles. The minimum atomic E-state index is 0.0928. The molecule has 0 amide bonds. The average Bonchev–Trinajstić information content (AvgIpc) is 1.59. The largest absolute Gasteiger partial charge is 0.394 e. The van der Waals surface area contributed by atoms with Crippen LogP contribution in [0.2, 0.25) is 0 Å². The van der Waals surface area contributed by atoms with Gasteiger partial charge in [0.1, 0.15) is 6.61 Å². The third kappa shape index (κ3) is 5.88. The SMILES string of the molecule is C[N+](C)(C)OCCO. The van der Waals surface area contributed by atoms with Gasteiger partial charge in [0.05, 0.1) is 27.7 Å². The molecule has 1 N–H and O–H groups in total. The average molecular weight is 120 g/mol. The number of hydroxylamine groups is 3. The van der Waals surface area contributed by atoms with E-state index in [9.17, 15) is 0 Å².